The standard InChI is InChI=1S/C28H39F3N4O3S/c1-4-35(19-22-7-5-21(6-8-22)11-12-37-20(2)36)26-10-9-24(28(29,30)31)15-23(26)16-32-27-33-17-25(18-34-27)38-13-14-39-3/h9-10,15,17-18,21-22H,4-8,11-14,16,19H2,1-3H3,(H,32,33,34)/t21-,22-. The van der Waals surface area contributed by atoms with E-state index in [-0.39, 0.29) is 12.5 Å². The zero-order valence-corrected chi connectivity index (χ0v) is 23.7. The lowest BCUT2D eigenvalue weighted by molar-refractivity contribution is -0.141. The van der Waals surface area contributed by atoms with E-state index in [4.69, 9.17) is 9.47 Å². The van der Waals surface area contributed by atoms with Crippen molar-refractivity contribution < 1.29 is 27.4 Å². The molecule has 11 heteroatoms. The third kappa shape index (κ3) is 10.1. The third-order valence-electron chi connectivity index (χ3n) is 7.03. The molecule has 0 bridgehead atoms. The third-order valence-corrected chi connectivity index (χ3v) is 7.60. The van der Waals surface area contributed by atoms with E-state index in [0.717, 1.165) is 56.2 Å². The number of carbonyl (C=O) groups is 1. The van der Waals surface area contributed by atoms with Crippen LogP contribution in [-0.2, 0) is 22.3 Å². The SMILES string of the molecule is CCN(C[C@H]1CC[C@H](CCOC(C)=O)CC1)c1ccc(C(F)(F)F)cc1CNc1ncc(OCCSC)cn1. The highest BCUT2D eigenvalue weighted by Gasteiger charge is 2.32. The van der Waals surface area contributed by atoms with E-state index in [9.17, 15) is 18.0 Å². The van der Waals surface area contributed by atoms with E-state index >= 15 is 0 Å². The monoisotopic (exact) mass is 568 g/mol. The van der Waals surface area contributed by atoms with Gasteiger partial charge in [0.2, 0.25) is 5.95 Å². The van der Waals surface area contributed by atoms with E-state index in [1.54, 1.807) is 30.2 Å². The lowest BCUT2D eigenvalue weighted by Crippen LogP contribution is -2.32. The molecule has 1 fully saturated rings. The molecule has 39 heavy (non-hydrogen) atoms. The number of hydrogen-bond donors (Lipinski definition) is 1. The minimum atomic E-state index is -4.43. The minimum absolute atomic E-state index is 0.158. The van der Waals surface area contributed by atoms with Crippen LogP contribution in [0.1, 0.15) is 57.1 Å². The molecule has 0 radical (unpaired) electrons. The summed E-state index contributed by atoms with van der Waals surface area (Å²) in [4.78, 5) is 21.7. The Morgan fingerprint density at radius 2 is 1.82 bits per heavy atom. The summed E-state index contributed by atoms with van der Waals surface area (Å²) in [6.45, 7) is 6.09. The average Bonchev–Trinajstić information content (AvgIpc) is 2.91. The number of alkyl halides is 3. The first-order valence-corrected chi connectivity index (χ1v) is 14.8. The highest BCUT2D eigenvalue weighted by Crippen LogP contribution is 2.36. The summed E-state index contributed by atoms with van der Waals surface area (Å²) < 4.78 is 51.3. The number of nitrogens with zero attached hydrogens (tertiary/aromatic N) is 3. The number of anilines is 2. The van der Waals surface area contributed by atoms with Crippen LogP contribution in [-0.4, -0.2) is 54.2 Å². The lowest BCUT2D eigenvalue weighted by Gasteiger charge is -2.34. The predicted octanol–water partition coefficient (Wildman–Crippen LogP) is 6.44. The Labute approximate surface area is 233 Å². The second-order valence-corrected chi connectivity index (χ2v) is 10.8. The van der Waals surface area contributed by atoms with Gasteiger partial charge in [-0.15, -0.1) is 0 Å². The number of thioether (sulfide) groups is 1. The highest BCUT2D eigenvalue weighted by molar-refractivity contribution is 7.98. The van der Waals surface area contributed by atoms with Gasteiger partial charge in [-0.3, -0.25) is 4.79 Å². The van der Waals surface area contributed by atoms with Crippen molar-refractivity contribution in [2.75, 3.05) is 48.5 Å². The van der Waals surface area contributed by atoms with Gasteiger partial charge >= 0.3 is 12.1 Å². The van der Waals surface area contributed by atoms with Crippen LogP contribution in [0.4, 0.5) is 24.8 Å². The summed E-state index contributed by atoms with van der Waals surface area (Å²) in [5.41, 5.74) is 0.656. The zero-order valence-electron chi connectivity index (χ0n) is 22.9. The van der Waals surface area contributed by atoms with E-state index in [1.165, 1.54) is 13.0 Å². The summed E-state index contributed by atoms with van der Waals surface area (Å²) in [5, 5.41) is 3.08. The van der Waals surface area contributed by atoms with Gasteiger partial charge in [0.05, 0.1) is 31.2 Å². The summed E-state index contributed by atoms with van der Waals surface area (Å²) >= 11 is 1.68. The molecular weight excluding hydrogens is 529 g/mol. The first-order valence-electron chi connectivity index (χ1n) is 13.5. The molecule has 1 aromatic heterocycles. The highest BCUT2D eigenvalue weighted by atomic mass is 32.2. The topological polar surface area (TPSA) is 76.6 Å². The van der Waals surface area contributed by atoms with Gasteiger partial charge in [-0.2, -0.15) is 24.9 Å². The Hall–Kier alpha value is -2.69. The fourth-order valence-electron chi connectivity index (χ4n) is 4.89. The number of rotatable bonds is 14. The van der Waals surface area contributed by atoms with E-state index in [2.05, 4.69) is 20.2 Å². The average molecular weight is 569 g/mol. The van der Waals surface area contributed by atoms with Crippen LogP contribution in [0.25, 0.3) is 0 Å². The summed E-state index contributed by atoms with van der Waals surface area (Å²) in [5.74, 6) is 2.48. The number of aromatic nitrogens is 2. The smallest absolute Gasteiger partial charge is 0.416 e. The lowest BCUT2D eigenvalue weighted by atomic mass is 9.80. The molecule has 1 N–H and O–H groups in total. The van der Waals surface area contributed by atoms with Crippen molar-refractivity contribution in [3.63, 3.8) is 0 Å². The molecule has 0 saturated heterocycles. The zero-order chi connectivity index (χ0) is 28.3. The van der Waals surface area contributed by atoms with Crippen molar-refractivity contribution in [2.24, 2.45) is 11.8 Å². The second kappa shape index (κ2) is 15.2. The molecule has 0 atom stereocenters. The number of ether oxygens (including phenoxy) is 2. The van der Waals surface area contributed by atoms with Crippen molar-refractivity contribution in [1.29, 1.82) is 0 Å². The van der Waals surface area contributed by atoms with Gasteiger partial charge in [-0.05, 0) is 80.9 Å². The Morgan fingerprint density at radius 1 is 1.13 bits per heavy atom. The van der Waals surface area contributed by atoms with Crippen LogP contribution >= 0.6 is 11.8 Å². The molecule has 0 spiro atoms. The van der Waals surface area contributed by atoms with Crippen molar-refractivity contribution >= 4 is 29.4 Å². The molecular formula is C28H39F3N4O3S. The summed E-state index contributed by atoms with van der Waals surface area (Å²) in [6, 6.07) is 3.96. The van der Waals surface area contributed by atoms with Crippen molar-refractivity contribution in [2.45, 2.75) is 58.7 Å². The molecule has 0 amide bonds. The van der Waals surface area contributed by atoms with Crippen LogP contribution in [0.2, 0.25) is 0 Å². The quantitative estimate of drug-likeness (QED) is 0.206. The molecule has 0 unspecified atom stereocenters. The van der Waals surface area contributed by atoms with Crippen LogP contribution in [0.3, 0.4) is 0 Å². The molecule has 1 heterocycles. The molecule has 1 aliphatic rings. The van der Waals surface area contributed by atoms with Crippen molar-refractivity contribution in [1.82, 2.24) is 9.97 Å². The Morgan fingerprint density at radius 3 is 2.44 bits per heavy atom. The molecule has 1 saturated carbocycles. The summed E-state index contributed by atoms with van der Waals surface area (Å²) in [6.07, 6.45) is 5.80. The van der Waals surface area contributed by atoms with Crippen LogP contribution in [0.5, 0.6) is 5.75 Å². The van der Waals surface area contributed by atoms with Crippen molar-refractivity contribution in [3.05, 3.63) is 41.7 Å². The van der Waals surface area contributed by atoms with E-state index in [0.29, 0.717) is 48.9 Å². The predicted molar refractivity (Wildman–Crippen MR) is 149 cm³/mol. The molecule has 1 aliphatic carbocycles. The maximum Gasteiger partial charge on any atom is 0.416 e. The first-order chi connectivity index (χ1) is 18.7. The second-order valence-electron chi connectivity index (χ2n) is 9.83. The normalized spacial score (nSPS) is 17.5. The molecule has 7 nitrogen and oxygen atoms in total. The van der Waals surface area contributed by atoms with Gasteiger partial charge in [0.1, 0.15) is 0 Å². The van der Waals surface area contributed by atoms with Crippen LogP contribution < -0.4 is 15.0 Å². The Balaban J connectivity index is 1.66. The van der Waals surface area contributed by atoms with Gasteiger partial charge in [-0.1, -0.05) is 0 Å². The molecule has 3 rings (SSSR count). The largest absolute Gasteiger partial charge is 0.489 e. The fraction of sp³-hybridized carbons (Fsp3) is 0.607. The minimum Gasteiger partial charge on any atom is -0.489 e. The van der Waals surface area contributed by atoms with Gasteiger partial charge < -0.3 is 19.7 Å². The fourth-order valence-corrected chi connectivity index (χ4v) is 5.14. The van der Waals surface area contributed by atoms with Crippen LogP contribution in [0.15, 0.2) is 30.6 Å². The number of carbonyl (C=O) groups excluding carboxylic acids is 1. The van der Waals surface area contributed by atoms with Gasteiger partial charge in [-0.25, -0.2) is 9.97 Å². The van der Waals surface area contributed by atoms with Gasteiger partial charge in [0, 0.05) is 38.0 Å². The molecule has 2 aromatic rings. The molecule has 0 aliphatic heterocycles. The Bertz CT molecular complexity index is 1030. The van der Waals surface area contributed by atoms with Crippen molar-refractivity contribution in [3.8, 4) is 5.75 Å². The number of hydrogen-bond acceptors (Lipinski definition) is 8. The molecule has 1 aromatic carbocycles. The van der Waals surface area contributed by atoms with E-state index in [1.807, 2.05) is 13.2 Å². The Kier molecular flexibility index (Phi) is 12.0. The number of halogens is 3. The number of nitrogens with one attached hydrogen (secondary N) is 1. The molecule has 216 valence electrons. The first kappa shape index (κ1) is 30.8. The summed E-state index contributed by atoms with van der Waals surface area (Å²) in [7, 11) is 0. The van der Waals surface area contributed by atoms with Crippen LogP contribution in [0, 0.1) is 11.8 Å². The maximum absolute atomic E-state index is 13.6. The maximum atomic E-state index is 13.6. The van der Waals surface area contributed by atoms with E-state index < -0.39 is 11.7 Å². The van der Waals surface area contributed by atoms with Gasteiger partial charge in [0.25, 0.3) is 0 Å². The number of esters is 1. The van der Waals surface area contributed by atoms with Gasteiger partial charge in [0.15, 0.2) is 5.75 Å². The number of benzene rings is 1.